The number of hydrogen-bond acceptors (Lipinski definition) is 2. The molecule has 0 aromatic heterocycles. The van der Waals surface area contributed by atoms with E-state index in [4.69, 9.17) is 11.6 Å². The number of benzene rings is 2. The third-order valence-electron chi connectivity index (χ3n) is 4.13. The van der Waals surface area contributed by atoms with Crippen LogP contribution in [0.25, 0.3) is 0 Å². The quantitative estimate of drug-likeness (QED) is 0.873. The first-order chi connectivity index (χ1) is 12.0. The maximum atomic E-state index is 13.2. The molecule has 2 amide bonds. The normalized spacial score (nSPS) is 16.8. The van der Waals surface area contributed by atoms with Crippen LogP contribution in [-0.2, 0) is 9.59 Å². The third kappa shape index (κ3) is 3.72. The zero-order chi connectivity index (χ0) is 18.0. The third-order valence-corrected chi connectivity index (χ3v) is 4.63. The number of amides is 2. The first-order valence-corrected chi connectivity index (χ1v) is 8.15. The Morgan fingerprint density at radius 2 is 1.96 bits per heavy atom. The van der Waals surface area contributed by atoms with Crippen molar-refractivity contribution in [3.05, 3.63) is 76.2 Å². The molecule has 3 rings (SSSR count). The van der Waals surface area contributed by atoms with Gasteiger partial charge in [-0.05, 0) is 36.2 Å². The lowest BCUT2D eigenvalue weighted by atomic mass is 9.86. The van der Waals surface area contributed by atoms with Crippen molar-refractivity contribution in [3.8, 4) is 0 Å². The maximum absolute atomic E-state index is 13.2. The molecule has 0 bridgehead atoms. The van der Waals surface area contributed by atoms with Crippen LogP contribution in [0.2, 0.25) is 5.02 Å². The van der Waals surface area contributed by atoms with Crippen molar-refractivity contribution in [2.24, 2.45) is 0 Å². The zero-order valence-electron chi connectivity index (χ0n) is 13.5. The van der Waals surface area contributed by atoms with Gasteiger partial charge in [-0.25, -0.2) is 4.39 Å². The fraction of sp³-hybridized carbons (Fsp3) is 0.158. The molecule has 1 aliphatic rings. The molecular formula is C19H16ClFN2O2. The number of halogens is 2. The van der Waals surface area contributed by atoms with Crippen LogP contribution < -0.4 is 10.6 Å². The van der Waals surface area contributed by atoms with Gasteiger partial charge in [0, 0.05) is 24.1 Å². The van der Waals surface area contributed by atoms with Gasteiger partial charge in [0.2, 0.25) is 5.91 Å². The Labute approximate surface area is 149 Å². The minimum Gasteiger partial charge on any atom is -0.332 e. The topological polar surface area (TPSA) is 58.2 Å². The molecule has 1 atom stereocenters. The summed E-state index contributed by atoms with van der Waals surface area (Å²) in [7, 11) is 0. The molecule has 128 valence electrons. The Morgan fingerprint density at radius 3 is 2.68 bits per heavy atom. The minimum absolute atomic E-state index is 0.117. The smallest absolute Gasteiger partial charge is 0.253 e. The number of anilines is 1. The number of aryl methyl sites for hydroxylation is 1. The van der Waals surface area contributed by atoms with E-state index >= 15 is 0 Å². The Bertz CT molecular complexity index is 862. The summed E-state index contributed by atoms with van der Waals surface area (Å²) in [6, 6.07) is 11.1. The number of nitrogens with one attached hydrogen (secondary N) is 2. The Balaban J connectivity index is 1.89. The highest BCUT2D eigenvalue weighted by atomic mass is 35.5. The maximum Gasteiger partial charge on any atom is 0.253 e. The van der Waals surface area contributed by atoms with E-state index in [9.17, 15) is 14.0 Å². The molecule has 2 aromatic carbocycles. The van der Waals surface area contributed by atoms with Gasteiger partial charge in [-0.3, -0.25) is 9.59 Å². The molecule has 0 spiro atoms. The molecule has 1 heterocycles. The predicted molar refractivity (Wildman–Crippen MR) is 94.8 cm³/mol. The standard InChI is InChI=1S/C19H16ClFN2O2/c1-11-3-2-4-16(18(11)20)23-19(25)15-10-22-17(24)9-14(15)12-5-7-13(21)8-6-12/h2-8,10,14H,9H2,1H3,(H,22,24)(H,23,25)/t14-/m0/s1. The molecule has 6 heteroatoms. The van der Waals surface area contributed by atoms with Crippen molar-refractivity contribution >= 4 is 29.1 Å². The summed E-state index contributed by atoms with van der Waals surface area (Å²) in [5, 5.41) is 5.82. The number of hydrogen-bond donors (Lipinski definition) is 2. The summed E-state index contributed by atoms with van der Waals surface area (Å²) in [5.41, 5.74) is 2.44. The molecule has 0 fully saturated rings. The average Bonchev–Trinajstić information content (AvgIpc) is 2.59. The SMILES string of the molecule is Cc1cccc(NC(=O)C2=CNC(=O)C[C@H]2c2ccc(F)cc2)c1Cl. The van der Waals surface area contributed by atoms with Crippen molar-refractivity contribution in [2.75, 3.05) is 5.32 Å². The molecule has 2 aromatic rings. The van der Waals surface area contributed by atoms with Crippen LogP contribution in [0.5, 0.6) is 0 Å². The summed E-state index contributed by atoms with van der Waals surface area (Å²) >= 11 is 6.22. The van der Waals surface area contributed by atoms with Crippen LogP contribution in [0.3, 0.4) is 0 Å². The molecule has 0 aliphatic carbocycles. The molecule has 1 aliphatic heterocycles. The van der Waals surface area contributed by atoms with E-state index in [2.05, 4.69) is 10.6 Å². The van der Waals surface area contributed by atoms with Crippen LogP contribution in [0.1, 0.15) is 23.5 Å². The molecule has 25 heavy (non-hydrogen) atoms. The van der Waals surface area contributed by atoms with Gasteiger partial charge in [-0.2, -0.15) is 0 Å². The first-order valence-electron chi connectivity index (χ1n) is 7.77. The Morgan fingerprint density at radius 1 is 1.24 bits per heavy atom. The summed E-state index contributed by atoms with van der Waals surface area (Å²) in [5.74, 6) is -1.37. The van der Waals surface area contributed by atoms with Gasteiger partial charge in [0.1, 0.15) is 5.82 Å². The Hall–Kier alpha value is -2.66. The molecule has 0 saturated carbocycles. The first kappa shape index (κ1) is 17.2. The van der Waals surface area contributed by atoms with Gasteiger partial charge in [-0.15, -0.1) is 0 Å². The van der Waals surface area contributed by atoms with Crippen LogP contribution in [0.4, 0.5) is 10.1 Å². The summed E-state index contributed by atoms with van der Waals surface area (Å²) in [6.45, 7) is 1.85. The Kier molecular flexibility index (Phi) is 4.86. The van der Waals surface area contributed by atoms with Gasteiger partial charge < -0.3 is 10.6 Å². The largest absolute Gasteiger partial charge is 0.332 e. The lowest BCUT2D eigenvalue weighted by molar-refractivity contribution is -0.121. The molecule has 0 radical (unpaired) electrons. The zero-order valence-corrected chi connectivity index (χ0v) is 14.2. The molecule has 0 unspecified atom stereocenters. The van der Waals surface area contributed by atoms with Gasteiger partial charge >= 0.3 is 0 Å². The predicted octanol–water partition coefficient (Wildman–Crippen LogP) is 3.91. The molecule has 2 N–H and O–H groups in total. The van der Waals surface area contributed by atoms with Gasteiger partial charge in [-0.1, -0.05) is 35.9 Å². The number of carbonyl (C=O) groups is 2. The van der Waals surface area contributed by atoms with E-state index in [-0.39, 0.29) is 24.1 Å². The van der Waals surface area contributed by atoms with E-state index in [0.29, 0.717) is 21.8 Å². The molecular weight excluding hydrogens is 343 g/mol. The minimum atomic E-state index is -0.446. The van der Waals surface area contributed by atoms with Crippen molar-refractivity contribution < 1.29 is 14.0 Å². The average molecular weight is 359 g/mol. The van der Waals surface area contributed by atoms with Crippen LogP contribution in [0.15, 0.2) is 54.2 Å². The number of rotatable bonds is 3. The summed E-state index contributed by atoms with van der Waals surface area (Å²) in [6.07, 6.45) is 1.52. The second kappa shape index (κ2) is 7.07. The lowest BCUT2D eigenvalue weighted by Crippen LogP contribution is -2.32. The van der Waals surface area contributed by atoms with Crippen LogP contribution >= 0.6 is 11.6 Å². The summed E-state index contributed by atoms with van der Waals surface area (Å²) < 4.78 is 13.2. The van der Waals surface area contributed by atoms with E-state index in [1.54, 1.807) is 24.3 Å². The van der Waals surface area contributed by atoms with Gasteiger partial charge in [0.05, 0.1) is 10.7 Å². The van der Waals surface area contributed by atoms with Gasteiger partial charge in [0.15, 0.2) is 0 Å². The van der Waals surface area contributed by atoms with E-state index in [0.717, 1.165) is 5.56 Å². The van der Waals surface area contributed by atoms with Crippen LogP contribution in [0, 0.1) is 12.7 Å². The lowest BCUT2D eigenvalue weighted by Gasteiger charge is -2.24. The highest BCUT2D eigenvalue weighted by molar-refractivity contribution is 6.34. The van der Waals surface area contributed by atoms with E-state index in [1.807, 2.05) is 13.0 Å². The highest BCUT2D eigenvalue weighted by Crippen LogP contribution is 2.32. The highest BCUT2D eigenvalue weighted by Gasteiger charge is 2.29. The van der Waals surface area contributed by atoms with Crippen molar-refractivity contribution in [2.45, 2.75) is 19.3 Å². The fourth-order valence-electron chi connectivity index (χ4n) is 2.77. The second-order valence-electron chi connectivity index (χ2n) is 5.87. The van der Waals surface area contributed by atoms with Crippen molar-refractivity contribution in [1.29, 1.82) is 0 Å². The van der Waals surface area contributed by atoms with Crippen LogP contribution in [-0.4, -0.2) is 11.8 Å². The van der Waals surface area contributed by atoms with Crippen molar-refractivity contribution in [3.63, 3.8) is 0 Å². The fourth-order valence-corrected chi connectivity index (χ4v) is 2.94. The van der Waals surface area contributed by atoms with Gasteiger partial charge in [0.25, 0.3) is 5.91 Å². The van der Waals surface area contributed by atoms with E-state index < -0.39 is 5.92 Å². The summed E-state index contributed by atoms with van der Waals surface area (Å²) in [4.78, 5) is 24.5. The van der Waals surface area contributed by atoms with E-state index in [1.165, 1.54) is 18.3 Å². The van der Waals surface area contributed by atoms with Crippen molar-refractivity contribution in [1.82, 2.24) is 5.32 Å². The number of carbonyl (C=O) groups excluding carboxylic acids is 2. The second-order valence-corrected chi connectivity index (χ2v) is 6.24. The monoisotopic (exact) mass is 358 g/mol. The molecule has 4 nitrogen and oxygen atoms in total. The molecule has 0 saturated heterocycles.